The molecule has 2 aromatic carbocycles. The van der Waals surface area contributed by atoms with Crippen molar-refractivity contribution in [3.05, 3.63) is 48.5 Å². The highest BCUT2D eigenvalue weighted by atomic mass is 32.2. The van der Waals surface area contributed by atoms with Crippen LogP contribution >= 0.6 is 11.8 Å². The summed E-state index contributed by atoms with van der Waals surface area (Å²) in [5.74, 6) is 0.765. The number of carbonyl (C=O) groups excluding carboxylic acids is 2. The number of ether oxygens (including phenoxy) is 1. The van der Waals surface area contributed by atoms with E-state index >= 15 is 0 Å². The molecule has 0 spiro atoms. The van der Waals surface area contributed by atoms with Crippen molar-refractivity contribution in [3.63, 3.8) is 0 Å². The first kappa shape index (κ1) is 24.6. The molecule has 1 aliphatic carbocycles. The van der Waals surface area contributed by atoms with Crippen molar-refractivity contribution in [2.75, 3.05) is 18.2 Å². The Labute approximate surface area is 208 Å². The van der Waals surface area contributed by atoms with Crippen molar-refractivity contribution in [2.24, 2.45) is 0 Å². The number of hydrogen-bond acceptors (Lipinski definition) is 7. The lowest BCUT2D eigenvalue weighted by Crippen LogP contribution is -2.38. The molecule has 3 N–H and O–H groups in total. The monoisotopic (exact) mass is 495 g/mol. The summed E-state index contributed by atoms with van der Waals surface area (Å²) >= 11 is 1.18. The van der Waals surface area contributed by atoms with Crippen LogP contribution < -0.4 is 15.4 Å². The van der Waals surface area contributed by atoms with Gasteiger partial charge in [-0.2, -0.15) is 0 Å². The maximum Gasteiger partial charge on any atom is 0.242 e. The molecule has 9 nitrogen and oxygen atoms in total. The van der Waals surface area contributed by atoms with Gasteiger partial charge in [0, 0.05) is 11.7 Å². The van der Waals surface area contributed by atoms with Gasteiger partial charge < -0.3 is 20.5 Å². The lowest BCUT2D eigenvalue weighted by molar-refractivity contribution is -0.123. The molecular formula is C25H29N5O4S. The van der Waals surface area contributed by atoms with E-state index in [-0.39, 0.29) is 35.9 Å². The van der Waals surface area contributed by atoms with E-state index in [1.165, 1.54) is 22.9 Å². The number of thioether (sulfide) groups is 1. The fourth-order valence-corrected chi connectivity index (χ4v) is 4.71. The van der Waals surface area contributed by atoms with Crippen LogP contribution in [0.15, 0.2) is 53.7 Å². The van der Waals surface area contributed by atoms with E-state index in [1.807, 2.05) is 0 Å². The summed E-state index contributed by atoms with van der Waals surface area (Å²) in [6.45, 7) is -0.0144. The molecule has 0 aliphatic heterocycles. The predicted octanol–water partition coefficient (Wildman–Crippen LogP) is 3.84. The van der Waals surface area contributed by atoms with Gasteiger partial charge in [0.1, 0.15) is 18.0 Å². The Morgan fingerprint density at radius 1 is 1.09 bits per heavy atom. The molecule has 1 heterocycles. The highest BCUT2D eigenvalue weighted by molar-refractivity contribution is 7.99. The number of rotatable bonds is 9. The number of para-hydroxylation sites is 1. The molecule has 1 saturated carbocycles. The Kier molecular flexibility index (Phi) is 8.25. The van der Waals surface area contributed by atoms with Gasteiger partial charge in [-0.05, 0) is 49.2 Å². The van der Waals surface area contributed by atoms with E-state index in [9.17, 15) is 14.7 Å². The first-order valence-electron chi connectivity index (χ1n) is 11.6. The van der Waals surface area contributed by atoms with Crippen LogP contribution in [0.5, 0.6) is 11.5 Å². The first-order valence-corrected chi connectivity index (χ1v) is 12.6. The summed E-state index contributed by atoms with van der Waals surface area (Å²) in [7, 11) is 1.58. The summed E-state index contributed by atoms with van der Waals surface area (Å²) in [6, 6.07) is 14.0. The minimum absolute atomic E-state index is 0.0144. The molecule has 4 rings (SSSR count). The third-order valence-electron chi connectivity index (χ3n) is 5.75. The molecule has 1 fully saturated rings. The van der Waals surface area contributed by atoms with E-state index in [0.717, 1.165) is 25.7 Å². The number of benzene rings is 2. The number of phenolic OH excluding ortho intramolecular Hbond substituents is 1. The summed E-state index contributed by atoms with van der Waals surface area (Å²) < 4.78 is 6.63. The van der Waals surface area contributed by atoms with Crippen LogP contribution in [0, 0.1) is 0 Å². The third kappa shape index (κ3) is 6.75. The summed E-state index contributed by atoms with van der Waals surface area (Å²) in [6.07, 6.45) is 5.42. The molecule has 2 amide bonds. The molecule has 0 saturated heterocycles. The van der Waals surface area contributed by atoms with Gasteiger partial charge in [0.25, 0.3) is 0 Å². The Morgan fingerprint density at radius 2 is 1.83 bits per heavy atom. The molecule has 0 atom stereocenters. The molecule has 10 heteroatoms. The second-order valence-corrected chi connectivity index (χ2v) is 9.30. The smallest absolute Gasteiger partial charge is 0.242 e. The van der Waals surface area contributed by atoms with E-state index in [4.69, 9.17) is 4.74 Å². The van der Waals surface area contributed by atoms with Crippen LogP contribution in [-0.4, -0.2) is 50.6 Å². The van der Waals surface area contributed by atoms with Crippen molar-refractivity contribution in [1.29, 1.82) is 0 Å². The number of aromatic nitrogens is 3. The minimum Gasteiger partial charge on any atom is -0.507 e. The molecule has 0 radical (unpaired) electrons. The number of carbonyl (C=O) groups is 2. The molecule has 0 bridgehead atoms. The number of hydrogen-bond donors (Lipinski definition) is 3. The summed E-state index contributed by atoms with van der Waals surface area (Å²) in [4.78, 5) is 29.8. The van der Waals surface area contributed by atoms with Gasteiger partial charge >= 0.3 is 0 Å². The van der Waals surface area contributed by atoms with Gasteiger partial charge in [-0.15, -0.1) is 5.10 Å². The van der Waals surface area contributed by atoms with E-state index in [2.05, 4.69) is 20.7 Å². The van der Waals surface area contributed by atoms with Crippen molar-refractivity contribution < 1.29 is 19.4 Å². The van der Waals surface area contributed by atoms with Crippen molar-refractivity contribution in [1.82, 2.24) is 20.1 Å². The third-order valence-corrected chi connectivity index (χ3v) is 6.72. The molecule has 0 unspecified atom stereocenters. The fraction of sp³-hybridized carbons (Fsp3) is 0.360. The molecular weight excluding hydrogens is 466 g/mol. The zero-order valence-corrected chi connectivity index (χ0v) is 20.4. The highest BCUT2D eigenvalue weighted by Gasteiger charge is 2.20. The van der Waals surface area contributed by atoms with Crippen molar-refractivity contribution >= 4 is 29.3 Å². The number of methoxy groups -OCH3 is 1. The SMILES string of the molecule is COc1ccc(NC(=O)CSc2nc(-c3ccccc3O)nn2CC(=O)NC2CCCCC2)cc1. The van der Waals surface area contributed by atoms with E-state index in [1.54, 1.807) is 55.6 Å². The lowest BCUT2D eigenvalue weighted by Gasteiger charge is -2.22. The zero-order valence-electron chi connectivity index (χ0n) is 19.6. The predicted molar refractivity (Wildman–Crippen MR) is 134 cm³/mol. The van der Waals surface area contributed by atoms with Crippen LogP contribution in [0.25, 0.3) is 11.4 Å². The zero-order chi connectivity index (χ0) is 24.6. The minimum atomic E-state index is -0.217. The van der Waals surface area contributed by atoms with Gasteiger partial charge in [0.15, 0.2) is 11.0 Å². The van der Waals surface area contributed by atoms with Crippen LogP contribution in [0.4, 0.5) is 5.69 Å². The quantitative estimate of drug-likeness (QED) is 0.386. The maximum atomic E-state index is 12.7. The van der Waals surface area contributed by atoms with Crippen LogP contribution in [-0.2, 0) is 16.1 Å². The highest BCUT2D eigenvalue weighted by Crippen LogP contribution is 2.28. The second kappa shape index (κ2) is 11.7. The average molecular weight is 496 g/mol. The molecule has 1 aliphatic rings. The Balaban J connectivity index is 1.45. The maximum absolute atomic E-state index is 12.7. The second-order valence-electron chi connectivity index (χ2n) is 8.36. The Bertz CT molecular complexity index is 1160. The van der Waals surface area contributed by atoms with Gasteiger partial charge in [0.2, 0.25) is 11.8 Å². The summed E-state index contributed by atoms with van der Waals surface area (Å²) in [5.41, 5.74) is 1.11. The largest absolute Gasteiger partial charge is 0.507 e. The Hall–Kier alpha value is -3.53. The van der Waals surface area contributed by atoms with E-state index < -0.39 is 0 Å². The number of phenols is 1. The number of nitrogens with zero attached hydrogens (tertiary/aromatic N) is 3. The standard InChI is InChI=1S/C25H29N5O4S/c1-34-19-13-11-18(12-14-19)27-23(33)16-35-25-28-24(20-9-5-6-10-21(20)31)29-30(25)15-22(32)26-17-7-3-2-4-8-17/h5-6,9-14,17,31H,2-4,7-8,15-16H2,1H3,(H,26,32)(H,27,33). The van der Waals surface area contributed by atoms with Crippen molar-refractivity contribution in [3.8, 4) is 22.9 Å². The molecule has 1 aromatic heterocycles. The van der Waals surface area contributed by atoms with Gasteiger partial charge in [0.05, 0.1) is 18.4 Å². The average Bonchev–Trinajstić information content (AvgIpc) is 3.26. The first-order chi connectivity index (χ1) is 17.0. The van der Waals surface area contributed by atoms with Crippen LogP contribution in [0.3, 0.4) is 0 Å². The lowest BCUT2D eigenvalue weighted by atomic mass is 9.95. The number of amides is 2. The van der Waals surface area contributed by atoms with Crippen LogP contribution in [0.2, 0.25) is 0 Å². The molecule has 35 heavy (non-hydrogen) atoms. The van der Waals surface area contributed by atoms with E-state index in [0.29, 0.717) is 28.0 Å². The Morgan fingerprint density at radius 3 is 2.54 bits per heavy atom. The number of nitrogens with one attached hydrogen (secondary N) is 2. The topological polar surface area (TPSA) is 118 Å². The molecule has 184 valence electrons. The van der Waals surface area contributed by atoms with Crippen LogP contribution in [0.1, 0.15) is 32.1 Å². The molecule has 3 aromatic rings. The number of anilines is 1. The normalized spacial score (nSPS) is 13.9. The summed E-state index contributed by atoms with van der Waals surface area (Å²) in [5, 5.41) is 21.0. The van der Waals surface area contributed by atoms with Gasteiger partial charge in [-0.3, -0.25) is 9.59 Å². The van der Waals surface area contributed by atoms with Gasteiger partial charge in [-0.1, -0.05) is 43.2 Å². The number of aromatic hydroxyl groups is 1. The van der Waals surface area contributed by atoms with Crippen molar-refractivity contribution in [2.45, 2.75) is 49.8 Å². The van der Waals surface area contributed by atoms with Gasteiger partial charge in [-0.25, -0.2) is 9.67 Å². The fourth-order valence-electron chi connectivity index (χ4n) is 3.97.